The molecule has 0 bridgehead atoms. The molecule has 0 amide bonds. The van der Waals surface area contributed by atoms with E-state index in [1.807, 2.05) is 0 Å². The molecule has 0 atom stereocenters. The second-order valence-corrected chi connectivity index (χ2v) is 41.2. The zero-order valence-corrected chi connectivity index (χ0v) is 15.7. The first-order valence-corrected chi connectivity index (χ1v) is 21.9. The first kappa shape index (κ1) is 14.7. The zero-order chi connectivity index (χ0) is 11.3. The number of carbonyl (C=O) groups excluding carboxylic acids is 1. The van der Waals surface area contributed by atoms with Gasteiger partial charge in [0.1, 0.15) is 0 Å². The molecule has 0 saturated carbocycles. The third-order valence-electron chi connectivity index (χ3n) is 2.72. The molecular formula is C11H18I2OTe. The van der Waals surface area contributed by atoms with Gasteiger partial charge in [0.15, 0.2) is 0 Å². The fourth-order valence-corrected chi connectivity index (χ4v) is 18.1. The van der Waals surface area contributed by atoms with Gasteiger partial charge in [-0.3, -0.25) is 0 Å². The molecule has 0 unspecified atom stereocenters. The van der Waals surface area contributed by atoms with Crippen molar-refractivity contribution in [3.05, 3.63) is 9.19 Å². The molecule has 0 heterocycles. The number of aldehydes is 1. The molecule has 0 aliphatic heterocycles. The molecule has 0 spiro atoms. The summed E-state index contributed by atoms with van der Waals surface area (Å²) in [6.07, 6.45) is 8.54. The van der Waals surface area contributed by atoms with E-state index in [2.05, 4.69) is 44.3 Å². The zero-order valence-electron chi connectivity index (χ0n) is 9.10. The van der Waals surface area contributed by atoms with Crippen molar-refractivity contribution < 1.29 is 4.79 Å². The first-order valence-electron chi connectivity index (χ1n) is 5.49. The normalized spacial score (nSPS) is 19.1. The molecular weight excluding hydrogens is 530 g/mol. The van der Waals surface area contributed by atoms with E-state index < -0.39 is 10.3 Å². The SMILES string of the molecule is CCCC[Te](I)(I)C1=C(C=O)CCCC1. The molecule has 0 fully saturated rings. The third-order valence-corrected chi connectivity index (χ3v) is 21.4. The van der Waals surface area contributed by atoms with E-state index in [9.17, 15) is 4.79 Å². The van der Waals surface area contributed by atoms with Crippen LogP contribution in [0, 0.1) is 0 Å². The van der Waals surface area contributed by atoms with Crippen molar-refractivity contribution in [2.75, 3.05) is 0 Å². The van der Waals surface area contributed by atoms with E-state index in [1.165, 1.54) is 42.1 Å². The van der Waals surface area contributed by atoms with Gasteiger partial charge in [-0.2, -0.15) is 0 Å². The molecule has 0 radical (unpaired) electrons. The Morgan fingerprint density at radius 3 is 2.60 bits per heavy atom. The fourth-order valence-electron chi connectivity index (χ4n) is 1.82. The van der Waals surface area contributed by atoms with Crippen LogP contribution in [0.2, 0.25) is 4.47 Å². The number of carbonyl (C=O) groups is 1. The maximum absolute atomic E-state index is 11.1. The third kappa shape index (κ3) is 4.44. The second-order valence-electron chi connectivity index (χ2n) is 3.91. The van der Waals surface area contributed by atoms with Crippen molar-refractivity contribution in [3.63, 3.8) is 0 Å². The summed E-state index contributed by atoms with van der Waals surface area (Å²) in [5.74, 6) is 0. The number of halogens is 2. The summed E-state index contributed by atoms with van der Waals surface area (Å²) < 4.78 is 2.99. The van der Waals surface area contributed by atoms with Gasteiger partial charge in [-0.05, 0) is 0 Å². The molecule has 0 aromatic carbocycles. The van der Waals surface area contributed by atoms with Gasteiger partial charge in [-0.1, -0.05) is 0 Å². The number of hydrogen-bond acceptors (Lipinski definition) is 1. The van der Waals surface area contributed by atoms with Crippen LogP contribution in [0.1, 0.15) is 45.4 Å². The molecule has 1 rings (SSSR count). The number of allylic oxidation sites excluding steroid dienone is 2. The van der Waals surface area contributed by atoms with Crippen LogP contribution in [0.4, 0.5) is 0 Å². The van der Waals surface area contributed by atoms with Crippen LogP contribution >= 0.6 is 37.4 Å². The van der Waals surface area contributed by atoms with Crippen molar-refractivity contribution in [1.29, 1.82) is 0 Å². The van der Waals surface area contributed by atoms with E-state index in [1.54, 1.807) is 3.62 Å². The van der Waals surface area contributed by atoms with E-state index >= 15 is 0 Å². The van der Waals surface area contributed by atoms with Gasteiger partial charge in [-0.15, -0.1) is 0 Å². The predicted molar refractivity (Wildman–Crippen MR) is 85.1 cm³/mol. The van der Waals surface area contributed by atoms with Gasteiger partial charge >= 0.3 is 118 Å². The minimum absolute atomic E-state index is 1.05. The summed E-state index contributed by atoms with van der Waals surface area (Å²) in [6, 6.07) is 0. The van der Waals surface area contributed by atoms with Crippen LogP contribution in [-0.4, -0.2) is 16.6 Å². The Balaban J connectivity index is 2.81. The second kappa shape index (κ2) is 7.17. The Kier molecular flexibility index (Phi) is 7.04. The summed E-state index contributed by atoms with van der Waals surface area (Å²) in [6.45, 7) is 2.25. The summed E-state index contributed by atoms with van der Waals surface area (Å²) in [5.41, 5.74) is 1.17. The Morgan fingerprint density at radius 1 is 1.33 bits per heavy atom. The molecule has 0 saturated heterocycles. The summed E-state index contributed by atoms with van der Waals surface area (Å²) in [4.78, 5) is 11.1. The molecule has 1 nitrogen and oxygen atoms in total. The Bertz CT molecular complexity index is 261. The molecule has 0 N–H and O–H groups in total. The molecule has 1 aliphatic rings. The molecule has 15 heavy (non-hydrogen) atoms. The van der Waals surface area contributed by atoms with E-state index in [-0.39, 0.29) is 0 Å². The van der Waals surface area contributed by atoms with Crippen molar-refractivity contribution in [1.82, 2.24) is 0 Å². The van der Waals surface area contributed by atoms with E-state index in [4.69, 9.17) is 0 Å². The Morgan fingerprint density at radius 2 is 2.00 bits per heavy atom. The molecule has 88 valence electrons. The first-order chi connectivity index (χ1) is 7.11. The molecule has 0 aromatic rings. The molecule has 4 heteroatoms. The minimum atomic E-state index is -1.87. The van der Waals surface area contributed by atoms with Gasteiger partial charge in [0.2, 0.25) is 0 Å². The van der Waals surface area contributed by atoms with Crippen LogP contribution in [0.5, 0.6) is 0 Å². The number of unbranched alkanes of at least 4 members (excludes halogenated alkanes) is 1. The van der Waals surface area contributed by atoms with Gasteiger partial charge in [-0.25, -0.2) is 0 Å². The van der Waals surface area contributed by atoms with Crippen molar-refractivity contribution in [2.45, 2.75) is 49.9 Å². The van der Waals surface area contributed by atoms with Crippen LogP contribution in [0.25, 0.3) is 0 Å². The van der Waals surface area contributed by atoms with Crippen molar-refractivity contribution in [2.24, 2.45) is 0 Å². The van der Waals surface area contributed by atoms with Crippen LogP contribution in [0.15, 0.2) is 9.19 Å². The number of hydrogen-bond donors (Lipinski definition) is 0. The molecule has 1 aliphatic carbocycles. The predicted octanol–water partition coefficient (Wildman–Crippen LogP) is 4.71. The van der Waals surface area contributed by atoms with Crippen LogP contribution in [0.3, 0.4) is 0 Å². The van der Waals surface area contributed by atoms with Gasteiger partial charge in [0.25, 0.3) is 0 Å². The summed E-state index contributed by atoms with van der Waals surface area (Å²) in [7, 11) is -1.87. The summed E-state index contributed by atoms with van der Waals surface area (Å²) >= 11 is 5.43. The monoisotopic (exact) mass is 550 g/mol. The topological polar surface area (TPSA) is 17.1 Å². The van der Waals surface area contributed by atoms with E-state index in [0.717, 1.165) is 12.7 Å². The van der Waals surface area contributed by atoms with Gasteiger partial charge < -0.3 is 0 Å². The van der Waals surface area contributed by atoms with Crippen molar-refractivity contribution >= 4 is 54.0 Å². The van der Waals surface area contributed by atoms with E-state index in [0.29, 0.717) is 0 Å². The van der Waals surface area contributed by atoms with Crippen LogP contribution in [-0.2, 0) is 4.79 Å². The van der Waals surface area contributed by atoms with Gasteiger partial charge in [0.05, 0.1) is 0 Å². The number of rotatable bonds is 5. The average molecular weight is 548 g/mol. The fraction of sp³-hybridized carbons (Fsp3) is 0.727. The van der Waals surface area contributed by atoms with Crippen LogP contribution < -0.4 is 0 Å². The standard InChI is InChI=1S/C11H18I2OTe/c1-2-3-8-15(12,13)11-7-5-4-6-10(11)9-14/h9H,2-8H2,1H3. The molecule has 0 aromatic heterocycles. The maximum atomic E-state index is 11.1. The summed E-state index contributed by atoms with van der Waals surface area (Å²) in [5, 5.41) is 0. The van der Waals surface area contributed by atoms with Gasteiger partial charge in [0, 0.05) is 0 Å². The van der Waals surface area contributed by atoms with Crippen molar-refractivity contribution in [3.8, 4) is 0 Å². The average Bonchev–Trinajstić information content (AvgIpc) is 2.26. The Hall–Kier alpha value is 1.66. The quantitative estimate of drug-likeness (QED) is 0.277. The Labute approximate surface area is 116 Å².